The van der Waals surface area contributed by atoms with Gasteiger partial charge in [0.25, 0.3) is 0 Å². The number of rotatable bonds is 7. The lowest BCUT2D eigenvalue weighted by molar-refractivity contribution is -0.120. The van der Waals surface area contributed by atoms with Crippen LogP contribution < -0.4 is 9.62 Å². The Balaban J connectivity index is 1.89. The van der Waals surface area contributed by atoms with Gasteiger partial charge in [0.1, 0.15) is 6.54 Å². The Hall–Kier alpha value is -2.54. The largest absolute Gasteiger partial charge is 0.344 e. The molecule has 0 aromatic heterocycles. The minimum Gasteiger partial charge on any atom is -0.344 e. The Morgan fingerprint density at radius 1 is 0.935 bits per heavy atom. The fourth-order valence-electron chi connectivity index (χ4n) is 3.14. The SMILES string of the molecule is Cc1ccc([C@@H](NC(=O)CN(c2ccc(Cl)c(Cl)c2)S(C)(=O)=O)c2ccccc2)cc1. The van der Waals surface area contributed by atoms with Crippen molar-refractivity contribution in [3.8, 4) is 0 Å². The van der Waals surface area contributed by atoms with Crippen LogP contribution in [0.2, 0.25) is 10.0 Å². The highest BCUT2D eigenvalue weighted by Gasteiger charge is 2.24. The molecule has 1 N–H and O–H groups in total. The van der Waals surface area contributed by atoms with E-state index in [9.17, 15) is 13.2 Å². The maximum Gasteiger partial charge on any atom is 0.241 e. The zero-order valence-corrected chi connectivity index (χ0v) is 19.4. The molecule has 0 spiro atoms. The molecular formula is C23H22Cl2N2O3S. The lowest BCUT2D eigenvalue weighted by atomic mass is 9.98. The van der Waals surface area contributed by atoms with Crippen LogP contribution >= 0.6 is 23.2 Å². The van der Waals surface area contributed by atoms with E-state index in [0.717, 1.165) is 27.3 Å². The second-order valence-electron chi connectivity index (χ2n) is 7.19. The molecule has 0 fully saturated rings. The number of aryl methyl sites for hydroxylation is 1. The average molecular weight is 477 g/mol. The first-order valence-electron chi connectivity index (χ1n) is 9.49. The fourth-order valence-corrected chi connectivity index (χ4v) is 4.28. The summed E-state index contributed by atoms with van der Waals surface area (Å²) in [5, 5.41) is 3.47. The van der Waals surface area contributed by atoms with Gasteiger partial charge in [-0.05, 0) is 36.2 Å². The third kappa shape index (κ3) is 6.00. The molecule has 0 saturated heterocycles. The van der Waals surface area contributed by atoms with Crippen LogP contribution in [0.1, 0.15) is 22.7 Å². The minimum atomic E-state index is -3.74. The monoisotopic (exact) mass is 476 g/mol. The number of nitrogens with zero attached hydrogens (tertiary/aromatic N) is 1. The number of amides is 1. The second kappa shape index (κ2) is 9.73. The molecule has 5 nitrogen and oxygen atoms in total. The summed E-state index contributed by atoms with van der Waals surface area (Å²) in [7, 11) is -3.74. The molecule has 31 heavy (non-hydrogen) atoms. The van der Waals surface area contributed by atoms with Gasteiger partial charge >= 0.3 is 0 Å². The molecule has 3 aromatic carbocycles. The number of hydrogen-bond acceptors (Lipinski definition) is 3. The van der Waals surface area contributed by atoms with E-state index in [1.54, 1.807) is 0 Å². The van der Waals surface area contributed by atoms with E-state index in [-0.39, 0.29) is 10.7 Å². The maximum atomic E-state index is 13.0. The van der Waals surface area contributed by atoms with E-state index in [1.165, 1.54) is 18.2 Å². The number of carbonyl (C=O) groups is 1. The van der Waals surface area contributed by atoms with Gasteiger partial charge in [0, 0.05) is 0 Å². The van der Waals surface area contributed by atoms with Crippen molar-refractivity contribution in [1.29, 1.82) is 0 Å². The van der Waals surface area contributed by atoms with Crippen LogP contribution in [0.3, 0.4) is 0 Å². The smallest absolute Gasteiger partial charge is 0.241 e. The standard InChI is InChI=1S/C23H22Cl2N2O3S/c1-16-8-10-18(11-9-16)23(17-6-4-3-5-7-17)26-22(28)15-27(31(2,29)30)19-12-13-20(24)21(25)14-19/h3-14,23H,15H2,1-2H3,(H,26,28)/t23-/m0/s1. The summed E-state index contributed by atoms with van der Waals surface area (Å²) in [5.41, 5.74) is 3.15. The number of nitrogens with one attached hydrogen (secondary N) is 1. The Morgan fingerprint density at radius 2 is 1.55 bits per heavy atom. The molecule has 0 aliphatic rings. The van der Waals surface area contributed by atoms with Gasteiger partial charge in [0.2, 0.25) is 15.9 Å². The van der Waals surface area contributed by atoms with Gasteiger partial charge in [-0.2, -0.15) is 0 Å². The first-order chi connectivity index (χ1) is 14.6. The van der Waals surface area contributed by atoms with Gasteiger partial charge in [-0.1, -0.05) is 83.4 Å². The number of anilines is 1. The quantitative estimate of drug-likeness (QED) is 0.523. The molecule has 3 aromatic rings. The van der Waals surface area contributed by atoms with Crippen LogP contribution in [-0.2, 0) is 14.8 Å². The number of carbonyl (C=O) groups excluding carboxylic acids is 1. The van der Waals surface area contributed by atoms with Crippen molar-refractivity contribution in [3.63, 3.8) is 0 Å². The lowest BCUT2D eigenvalue weighted by Gasteiger charge is -2.25. The van der Waals surface area contributed by atoms with Crippen LogP contribution in [0.15, 0.2) is 72.8 Å². The summed E-state index contributed by atoms with van der Waals surface area (Å²) in [5.74, 6) is -0.453. The van der Waals surface area contributed by atoms with Gasteiger partial charge in [0.15, 0.2) is 0 Å². The fraction of sp³-hybridized carbons (Fsp3) is 0.174. The Kier molecular flexibility index (Phi) is 7.26. The molecule has 0 saturated carbocycles. The molecular weight excluding hydrogens is 455 g/mol. The Bertz CT molecular complexity index is 1170. The zero-order valence-electron chi connectivity index (χ0n) is 17.0. The van der Waals surface area contributed by atoms with Crippen molar-refractivity contribution in [1.82, 2.24) is 5.32 Å². The predicted octanol–water partition coefficient (Wildman–Crippen LogP) is 4.97. The van der Waals surface area contributed by atoms with Gasteiger partial charge < -0.3 is 5.32 Å². The van der Waals surface area contributed by atoms with Crippen LogP contribution in [0.25, 0.3) is 0 Å². The van der Waals surface area contributed by atoms with Gasteiger partial charge in [-0.15, -0.1) is 0 Å². The summed E-state index contributed by atoms with van der Waals surface area (Å²) in [6, 6.07) is 21.3. The molecule has 1 amide bonds. The zero-order chi connectivity index (χ0) is 22.6. The van der Waals surface area contributed by atoms with Crippen molar-refractivity contribution >= 4 is 44.8 Å². The first kappa shape index (κ1) is 23.1. The summed E-state index contributed by atoms with van der Waals surface area (Å²) >= 11 is 12.0. The topological polar surface area (TPSA) is 66.5 Å². The highest BCUT2D eigenvalue weighted by atomic mass is 35.5. The number of hydrogen-bond donors (Lipinski definition) is 1. The summed E-state index contributed by atoms with van der Waals surface area (Å²) in [4.78, 5) is 13.0. The number of benzene rings is 3. The van der Waals surface area contributed by atoms with Crippen LogP contribution in [0.4, 0.5) is 5.69 Å². The molecule has 0 unspecified atom stereocenters. The molecule has 0 radical (unpaired) electrons. The molecule has 0 aliphatic carbocycles. The lowest BCUT2D eigenvalue weighted by Crippen LogP contribution is -2.41. The van der Waals surface area contributed by atoms with E-state index in [4.69, 9.17) is 23.2 Å². The van der Waals surface area contributed by atoms with Crippen molar-refractivity contribution in [2.75, 3.05) is 17.1 Å². The highest BCUT2D eigenvalue weighted by Crippen LogP contribution is 2.28. The summed E-state index contributed by atoms with van der Waals surface area (Å²) in [6.45, 7) is 1.59. The van der Waals surface area contributed by atoms with Crippen LogP contribution in [0, 0.1) is 6.92 Å². The first-order valence-corrected chi connectivity index (χ1v) is 12.1. The van der Waals surface area contributed by atoms with Crippen molar-refractivity contribution < 1.29 is 13.2 Å². The Morgan fingerprint density at radius 3 is 2.13 bits per heavy atom. The van der Waals surface area contributed by atoms with Gasteiger partial charge in [-0.25, -0.2) is 8.42 Å². The third-order valence-electron chi connectivity index (χ3n) is 4.73. The van der Waals surface area contributed by atoms with Crippen molar-refractivity contribution in [2.45, 2.75) is 13.0 Å². The van der Waals surface area contributed by atoms with Crippen LogP contribution in [0.5, 0.6) is 0 Å². The van der Waals surface area contributed by atoms with Crippen LogP contribution in [-0.4, -0.2) is 27.1 Å². The average Bonchev–Trinajstić information content (AvgIpc) is 2.73. The third-order valence-corrected chi connectivity index (χ3v) is 6.61. The molecule has 3 rings (SSSR count). The molecule has 8 heteroatoms. The second-order valence-corrected chi connectivity index (χ2v) is 9.91. The maximum absolute atomic E-state index is 13.0. The number of sulfonamides is 1. The van der Waals surface area contributed by atoms with E-state index >= 15 is 0 Å². The van der Waals surface area contributed by atoms with E-state index < -0.39 is 28.5 Å². The molecule has 0 bridgehead atoms. The molecule has 162 valence electrons. The summed E-state index contributed by atoms with van der Waals surface area (Å²) in [6.07, 6.45) is 1.04. The Labute approximate surface area is 192 Å². The summed E-state index contributed by atoms with van der Waals surface area (Å²) < 4.78 is 25.8. The minimum absolute atomic E-state index is 0.204. The molecule has 0 aliphatic heterocycles. The van der Waals surface area contributed by atoms with E-state index in [2.05, 4.69) is 5.32 Å². The van der Waals surface area contributed by atoms with E-state index in [0.29, 0.717) is 5.02 Å². The highest BCUT2D eigenvalue weighted by molar-refractivity contribution is 7.92. The normalized spacial score (nSPS) is 12.3. The van der Waals surface area contributed by atoms with Crippen molar-refractivity contribution in [3.05, 3.63) is 99.5 Å². The van der Waals surface area contributed by atoms with Crippen molar-refractivity contribution in [2.24, 2.45) is 0 Å². The van der Waals surface area contributed by atoms with Gasteiger partial charge in [-0.3, -0.25) is 9.10 Å². The molecule has 1 atom stereocenters. The van der Waals surface area contributed by atoms with E-state index in [1.807, 2.05) is 61.5 Å². The molecule has 0 heterocycles. The predicted molar refractivity (Wildman–Crippen MR) is 126 cm³/mol. The van der Waals surface area contributed by atoms with Gasteiger partial charge in [0.05, 0.1) is 28.0 Å². The number of halogens is 2.